The van der Waals surface area contributed by atoms with Crippen molar-refractivity contribution < 1.29 is 18.7 Å². The first kappa shape index (κ1) is 15.5. The van der Waals surface area contributed by atoms with Crippen LogP contribution in [-0.2, 0) is 4.74 Å². The van der Waals surface area contributed by atoms with Gasteiger partial charge < -0.3 is 14.5 Å². The maximum Gasteiger partial charge on any atom is 0.288 e. The Kier molecular flexibility index (Phi) is 4.85. The molecule has 1 aromatic heterocycles. The van der Waals surface area contributed by atoms with Crippen LogP contribution < -0.4 is 5.32 Å². The predicted octanol–water partition coefficient (Wildman–Crippen LogP) is 1.55. The van der Waals surface area contributed by atoms with Crippen LogP contribution >= 0.6 is 0 Å². The minimum absolute atomic E-state index is 0.146. The van der Waals surface area contributed by atoms with Gasteiger partial charge in [0.2, 0.25) is 0 Å². The Morgan fingerprint density at radius 2 is 1.78 bits per heavy atom. The molecule has 2 aromatic rings. The van der Waals surface area contributed by atoms with Crippen LogP contribution in [0.1, 0.15) is 20.9 Å². The minimum atomic E-state index is -0.737. The van der Waals surface area contributed by atoms with E-state index in [0.29, 0.717) is 31.9 Å². The monoisotopic (exact) mass is 314 g/mol. The van der Waals surface area contributed by atoms with Crippen molar-refractivity contribution >= 4 is 11.7 Å². The van der Waals surface area contributed by atoms with Crippen molar-refractivity contribution in [3.05, 3.63) is 60.1 Å². The van der Waals surface area contributed by atoms with Crippen LogP contribution in [0.2, 0.25) is 0 Å². The van der Waals surface area contributed by atoms with E-state index in [1.807, 2.05) is 11.0 Å². The van der Waals surface area contributed by atoms with Crippen LogP contribution in [0.5, 0.6) is 0 Å². The molecule has 6 nitrogen and oxygen atoms in total. The number of hydrogen-bond acceptors (Lipinski definition) is 5. The fourth-order valence-electron chi connectivity index (χ4n) is 2.52. The third kappa shape index (κ3) is 3.67. The molecule has 3 rings (SSSR count). The Morgan fingerprint density at radius 1 is 1.04 bits per heavy atom. The van der Waals surface area contributed by atoms with Gasteiger partial charge in [-0.05, 0) is 12.1 Å². The number of carbonyl (C=O) groups excluding carboxylic acids is 2. The number of hydrogen-bond donors (Lipinski definition) is 1. The number of benzene rings is 1. The largest absolute Gasteiger partial charge is 0.459 e. The van der Waals surface area contributed by atoms with E-state index in [0.717, 1.165) is 0 Å². The normalized spacial score (nSPS) is 16.7. The van der Waals surface area contributed by atoms with Crippen molar-refractivity contribution in [1.29, 1.82) is 0 Å². The lowest BCUT2D eigenvalue weighted by molar-refractivity contribution is 0.0108. The van der Waals surface area contributed by atoms with Gasteiger partial charge in [-0.3, -0.25) is 14.5 Å². The summed E-state index contributed by atoms with van der Waals surface area (Å²) in [7, 11) is 0. The molecule has 6 heteroatoms. The average molecular weight is 314 g/mol. The Morgan fingerprint density at radius 3 is 2.43 bits per heavy atom. The highest BCUT2D eigenvalue weighted by atomic mass is 16.5. The van der Waals surface area contributed by atoms with Crippen LogP contribution in [-0.4, -0.2) is 49.1 Å². The standard InChI is InChI=1S/C17H18N2O4/c20-15(13-5-2-1-3-6-13)16(19-8-11-22-12-9-19)18-17(21)14-7-4-10-23-14/h1-7,10,16H,8-9,11-12H2,(H,18,21)/t16-/m0/s1. The molecule has 1 fully saturated rings. The number of carbonyl (C=O) groups is 2. The molecule has 0 bridgehead atoms. The summed E-state index contributed by atoms with van der Waals surface area (Å²) in [6, 6.07) is 12.2. The Hall–Kier alpha value is -2.44. The second-order valence-corrected chi connectivity index (χ2v) is 5.23. The number of Topliss-reactive ketones (excluding diaryl/α,β-unsaturated/α-hetero) is 1. The molecule has 1 amide bonds. The first-order chi connectivity index (χ1) is 11.3. The lowest BCUT2D eigenvalue weighted by Crippen LogP contribution is -2.56. The molecule has 1 aliphatic rings. The van der Waals surface area contributed by atoms with Crippen LogP contribution in [0.15, 0.2) is 53.1 Å². The van der Waals surface area contributed by atoms with Crippen molar-refractivity contribution in [2.24, 2.45) is 0 Å². The number of furan rings is 1. The molecule has 0 spiro atoms. The van der Waals surface area contributed by atoms with E-state index in [2.05, 4.69) is 5.32 Å². The molecule has 23 heavy (non-hydrogen) atoms. The lowest BCUT2D eigenvalue weighted by atomic mass is 10.1. The maximum absolute atomic E-state index is 12.8. The second kappa shape index (κ2) is 7.21. The quantitative estimate of drug-likeness (QED) is 0.848. The Bertz CT molecular complexity index is 648. The lowest BCUT2D eigenvalue weighted by Gasteiger charge is -2.33. The second-order valence-electron chi connectivity index (χ2n) is 5.23. The van der Waals surface area contributed by atoms with E-state index >= 15 is 0 Å². The van der Waals surface area contributed by atoms with Gasteiger partial charge in [-0.25, -0.2) is 0 Å². The number of rotatable bonds is 5. The topological polar surface area (TPSA) is 71.8 Å². The summed E-state index contributed by atoms with van der Waals surface area (Å²) in [6.07, 6.45) is 0.691. The molecule has 1 atom stereocenters. The first-order valence-electron chi connectivity index (χ1n) is 7.51. The molecule has 0 saturated carbocycles. The summed E-state index contributed by atoms with van der Waals surface area (Å²) in [4.78, 5) is 27.0. The van der Waals surface area contributed by atoms with E-state index in [1.165, 1.54) is 6.26 Å². The molecular weight excluding hydrogens is 296 g/mol. The predicted molar refractivity (Wildman–Crippen MR) is 83.1 cm³/mol. The zero-order chi connectivity index (χ0) is 16.1. The SMILES string of the molecule is O=C(N[C@H](C(=O)c1ccccc1)N1CCOCC1)c1ccco1. The molecule has 0 radical (unpaired) electrons. The van der Waals surface area contributed by atoms with Gasteiger partial charge in [0.05, 0.1) is 19.5 Å². The van der Waals surface area contributed by atoms with Gasteiger partial charge in [0.25, 0.3) is 5.91 Å². The fraction of sp³-hybridized carbons (Fsp3) is 0.294. The van der Waals surface area contributed by atoms with Crippen LogP contribution in [0.3, 0.4) is 0 Å². The zero-order valence-corrected chi connectivity index (χ0v) is 12.6. The fourth-order valence-corrected chi connectivity index (χ4v) is 2.52. The zero-order valence-electron chi connectivity index (χ0n) is 12.6. The summed E-state index contributed by atoms with van der Waals surface area (Å²) >= 11 is 0. The van der Waals surface area contributed by atoms with Crippen molar-refractivity contribution in [3.63, 3.8) is 0 Å². The molecule has 1 aliphatic heterocycles. The van der Waals surface area contributed by atoms with Gasteiger partial charge in [-0.15, -0.1) is 0 Å². The van der Waals surface area contributed by atoms with Crippen molar-refractivity contribution in [2.75, 3.05) is 26.3 Å². The number of amides is 1. The van der Waals surface area contributed by atoms with E-state index < -0.39 is 12.1 Å². The summed E-state index contributed by atoms with van der Waals surface area (Å²) < 4.78 is 10.4. The molecule has 120 valence electrons. The maximum atomic E-state index is 12.8. The molecule has 0 aliphatic carbocycles. The molecular formula is C17H18N2O4. The van der Waals surface area contributed by atoms with Crippen molar-refractivity contribution in [3.8, 4) is 0 Å². The molecule has 2 heterocycles. The summed E-state index contributed by atoms with van der Waals surface area (Å²) in [5.74, 6) is -0.368. The van der Waals surface area contributed by atoms with Crippen molar-refractivity contribution in [2.45, 2.75) is 6.17 Å². The summed E-state index contributed by atoms with van der Waals surface area (Å²) in [5.41, 5.74) is 0.559. The third-order valence-corrected chi connectivity index (χ3v) is 3.73. The van der Waals surface area contributed by atoms with E-state index in [1.54, 1.807) is 36.4 Å². The Labute approximate surface area is 134 Å². The number of nitrogens with zero attached hydrogens (tertiary/aromatic N) is 1. The van der Waals surface area contributed by atoms with E-state index in [-0.39, 0.29) is 11.5 Å². The van der Waals surface area contributed by atoms with Gasteiger partial charge >= 0.3 is 0 Å². The highest BCUT2D eigenvalue weighted by molar-refractivity contribution is 6.03. The summed E-state index contributed by atoms with van der Waals surface area (Å²) in [5, 5.41) is 2.78. The molecule has 1 saturated heterocycles. The number of morpholine rings is 1. The minimum Gasteiger partial charge on any atom is -0.459 e. The van der Waals surface area contributed by atoms with Gasteiger partial charge in [0.1, 0.15) is 6.17 Å². The molecule has 1 aromatic carbocycles. The first-order valence-corrected chi connectivity index (χ1v) is 7.51. The highest BCUT2D eigenvalue weighted by Gasteiger charge is 2.30. The molecule has 1 N–H and O–H groups in total. The van der Waals surface area contributed by atoms with Gasteiger partial charge in [0.15, 0.2) is 11.5 Å². The van der Waals surface area contributed by atoms with E-state index in [4.69, 9.17) is 9.15 Å². The number of ether oxygens (including phenoxy) is 1. The average Bonchev–Trinajstić information content (AvgIpc) is 3.15. The van der Waals surface area contributed by atoms with Gasteiger partial charge in [0, 0.05) is 18.7 Å². The smallest absolute Gasteiger partial charge is 0.288 e. The number of ketones is 1. The van der Waals surface area contributed by atoms with Crippen LogP contribution in [0, 0.1) is 0 Å². The summed E-state index contributed by atoms with van der Waals surface area (Å²) in [6.45, 7) is 2.24. The highest BCUT2D eigenvalue weighted by Crippen LogP contribution is 2.11. The van der Waals surface area contributed by atoms with E-state index in [9.17, 15) is 9.59 Å². The van der Waals surface area contributed by atoms with Gasteiger partial charge in [-0.2, -0.15) is 0 Å². The van der Waals surface area contributed by atoms with Crippen LogP contribution in [0.25, 0.3) is 0 Å². The number of nitrogens with one attached hydrogen (secondary N) is 1. The Balaban J connectivity index is 1.81. The van der Waals surface area contributed by atoms with Gasteiger partial charge in [-0.1, -0.05) is 30.3 Å². The van der Waals surface area contributed by atoms with Crippen molar-refractivity contribution in [1.82, 2.24) is 10.2 Å². The molecule has 0 unspecified atom stereocenters. The van der Waals surface area contributed by atoms with Crippen LogP contribution in [0.4, 0.5) is 0 Å². The third-order valence-electron chi connectivity index (χ3n) is 3.73.